The molecule has 0 bridgehead atoms. The summed E-state index contributed by atoms with van der Waals surface area (Å²) in [6.07, 6.45) is -0.723. The van der Waals surface area contributed by atoms with Gasteiger partial charge in [0.2, 0.25) is 0 Å². The van der Waals surface area contributed by atoms with E-state index in [4.69, 9.17) is 9.47 Å². The molecule has 5 nitrogen and oxygen atoms in total. The molecule has 130 valence electrons. The minimum atomic E-state index is -0.723. The number of ether oxygens (including phenoxy) is 2. The summed E-state index contributed by atoms with van der Waals surface area (Å²) in [5.74, 6) is 1.22. The molecule has 5 heteroatoms. The highest BCUT2D eigenvalue weighted by molar-refractivity contribution is 5.42. The van der Waals surface area contributed by atoms with Crippen molar-refractivity contribution in [3.63, 3.8) is 0 Å². The molecule has 24 heavy (non-hydrogen) atoms. The summed E-state index contributed by atoms with van der Waals surface area (Å²) in [6.45, 7) is 4.41. The first-order chi connectivity index (χ1) is 11.5. The molecule has 2 aromatic carbocycles. The van der Waals surface area contributed by atoms with E-state index >= 15 is 0 Å². The van der Waals surface area contributed by atoms with Crippen LogP contribution in [-0.2, 0) is 0 Å². The molecule has 0 amide bonds. The average molecular weight is 331 g/mol. The third-order valence-corrected chi connectivity index (χ3v) is 3.81. The van der Waals surface area contributed by atoms with Crippen LogP contribution >= 0.6 is 0 Å². The molecule has 0 aliphatic heterocycles. The fraction of sp³-hybridized carbons (Fsp3) is 0.368. The van der Waals surface area contributed by atoms with Gasteiger partial charge < -0.3 is 25.0 Å². The van der Waals surface area contributed by atoms with Gasteiger partial charge in [0.15, 0.2) is 11.5 Å². The van der Waals surface area contributed by atoms with Gasteiger partial charge in [-0.15, -0.1) is 0 Å². The first kappa shape index (κ1) is 18.1. The second-order valence-corrected chi connectivity index (χ2v) is 5.86. The van der Waals surface area contributed by atoms with Crippen LogP contribution in [0.25, 0.3) is 0 Å². The van der Waals surface area contributed by atoms with Crippen LogP contribution in [0.2, 0.25) is 0 Å². The van der Waals surface area contributed by atoms with E-state index in [-0.39, 0.29) is 17.8 Å². The molecule has 0 aliphatic carbocycles. The summed E-state index contributed by atoms with van der Waals surface area (Å²) in [5.41, 5.74) is 0.681. The lowest BCUT2D eigenvalue weighted by atomic mass is 10.0. The molecule has 2 rings (SSSR count). The predicted molar refractivity (Wildman–Crippen MR) is 93.6 cm³/mol. The molecule has 3 atom stereocenters. The lowest BCUT2D eigenvalue weighted by Crippen LogP contribution is -2.41. The Bertz CT molecular complexity index is 633. The molecule has 0 radical (unpaired) electrons. The van der Waals surface area contributed by atoms with E-state index in [1.807, 2.05) is 44.2 Å². The Morgan fingerprint density at radius 3 is 2.46 bits per heavy atom. The van der Waals surface area contributed by atoms with Crippen LogP contribution in [0.1, 0.15) is 25.5 Å². The van der Waals surface area contributed by atoms with Crippen LogP contribution in [-0.4, -0.2) is 36.0 Å². The number of benzene rings is 2. The first-order valence-corrected chi connectivity index (χ1v) is 8.00. The third-order valence-electron chi connectivity index (χ3n) is 3.81. The summed E-state index contributed by atoms with van der Waals surface area (Å²) >= 11 is 0. The molecule has 3 unspecified atom stereocenters. The van der Waals surface area contributed by atoms with E-state index in [1.54, 1.807) is 12.1 Å². The van der Waals surface area contributed by atoms with E-state index in [1.165, 1.54) is 13.2 Å². The van der Waals surface area contributed by atoms with Crippen molar-refractivity contribution in [3.05, 3.63) is 54.1 Å². The molecule has 0 heterocycles. The first-order valence-electron chi connectivity index (χ1n) is 8.00. The molecule has 0 spiro atoms. The number of para-hydroxylation sites is 1. The lowest BCUT2D eigenvalue weighted by molar-refractivity contribution is 0.123. The molecule has 0 saturated heterocycles. The number of phenolic OH excluding ortho intramolecular Hbond substituents is 1. The minimum Gasteiger partial charge on any atom is -0.504 e. The molecule has 0 saturated carbocycles. The smallest absolute Gasteiger partial charge is 0.160 e. The Hall–Kier alpha value is -2.24. The van der Waals surface area contributed by atoms with Gasteiger partial charge in [-0.05, 0) is 43.7 Å². The Morgan fingerprint density at radius 1 is 1.08 bits per heavy atom. The zero-order valence-electron chi connectivity index (χ0n) is 14.3. The van der Waals surface area contributed by atoms with Gasteiger partial charge in [0.25, 0.3) is 0 Å². The number of rotatable bonds is 8. The average Bonchev–Trinajstić information content (AvgIpc) is 2.60. The summed E-state index contributed by atoms with van der Waals surface area (Å²) in [6, 6.07) is 14.3. The van der Waals surface area contributed by atoms with Crippen LogP contribution in [0.5, 0.6) is 17.2 Å². The number of nitrogens with one attached hydrogen (secondary N) is 1. The van der Waals surface area contributed by atoms with E-state index in [2.05, 4.69) is 5.32 Å². The van der Waals surface area contributed by atoms with Crippen LogP contribution in [0.15, 0.2) is 48.5 Å². The van der Waals surface area contributed by atoms with Crippen molar-refractivity contribution in [2.45, 2.75) is 32.0 Å². The topological polar surface area (TPSA) is 71.0 Å². The van der Waals surface area contributed by atoms with Gasteiger partial charge >= 0.3 is 0 Å². The summed E-state index contributed by atoms with van der Waals surface area (Å²) in [5, 5.41) is 23.5. The normalized spacial score (nSPS) is 14.7. The quantitative estimate of drug-likeness (QED) is 0.694. The monoisotopic (exact) mass is 331 g/mol. The number of hydrogen-bond acceptors (Lipinski definition) is 5. The Morgan fingerprint density at radius 2 is 1.79 bits per heavy atom. The van der Waals surface area contributed by atoms with Crippen LogP contribution in [0.4, 0.5) is 0 Å². The SMILES string of the molecule is COc1cc(C(O)C(C)NC(C)COc2ccccc2)ccc1O. The van der Waals surface area contributed by atoms with Crippen molar-refractivity contribution in [2.24, 2.45) is 0 Å². The zero-order valence-corrected chi connectivity index (χ0v) is 14.3. The number of methoxy groups -OCH3 is 1. The standard InChI is InChI=1S/C19H25NO4/c1-13(12-24-16-7-5-4-6-8-16)20-14(2)19(22)15-9-10-17(21)18(11-15)23-3/h4-11,13-14,19-22H,12H2,1-3H3. The van der Waals surface area contributed by atoms with E-state index < -0.39 is 6.10 Å². The van der Waals surface area contributed by atoms with E-state index in [0.717, 1.165) is 5.75 Å². The molecule has 3 N–H and O–H groups in total. The largest absolute Gasteiger partial charge is 0.504 e. The van der Waals surface area contributed by atoms with Gasteiger partial charge in [-0.25, -0.2) is 0 Å². The van der Waals surface area contributed by atoms with Crippen molar-refractivity contribution < 1.29 is 19.7 Å². The summed E-state index contributed by atoms with van der Waals surface area (Å²) in [7, 11) is 1.48. The van der Waals surface area contributed by atoms with Crippen LogP contribution in [0.3, 0.4) is 0 Å². The van der Waals surface area contributed by atoms with E-state index in [9.17, 15) is 10.2 Å². The molecule has 2 aromatic rings. The summed E-state index contributed by atoms with van der Waals surface area (Å²) in [4.78, 5) is 0. The third kappa shape index (κ3) is 4.88. The van der Waals surface area contributed by atoms with Crippen molar-refractivity contribution in [1.29, 1.82) is 0 Å². The molecular formula is C19H25NO4. The highest BCUT2D eigenvalue weighted by Crippen LogP contribution is 2.30. The molecule has 0 fully saturated rings. The fourth-order valence-electron chi connectivity index (χ4n) is 2.49. The van der Waals surface area contributed by atoms with Crippen LogP contribution < -0.4 is 14.8 Å². The predicted octanol–water partition coefficient (Wildman–Crippen LogP) is 2.88. The van der Waals surface area contributed by atoms with Gasteiger partial charge in [-0.2, -0.15) is 0 Å². The van der Waals surface area contributed by atoms with Crippen LogP contribution in [0, 0.1) is 0 Å². The van der Waals surface area contributed by atoms with Gasteiger partial charge in [0.1, 0.15) is 12.4 Å². The van der Waals surface area contributed by atoms with Gasteiger partial charge in [0.05, 0.1) is 13.2 Å². The minimum absolute atomic E-state index is 0.0543. The fourth-order valence-corrected chi connectivity index (χ4v) is 2.49. The van der Waals surface area contributed by atoms with Crippen molar-refractivity contribution >= 4 is 0 Å². The van der Waals surface area contributed by atoms with Gasteiger partial charge in [-0.1, -0.05) is 24.3 Å². The maximum atomic E-state index is 10.5. The number of aliphatic hydroxyl groups is 1. The van der Waals surface area contributed by atoms with E-state index in [0.29, 0.717) is 17.9 Å². The number of aliphatic hydroxyl groups excluding tert-OH is 1. The Balaban J connectivity index is 1.89. The van der Waals surface area contributed by atoms with Gasteiger partial charge in [-0.3, -0.25) is 0 Å². The number of aromatic hydroxyl groups is 1. The lowest BCUT2D eigenvalue weighted by Gasteiger charge is -2.25. The Labute approximate surface area is 142 Å². The maximum absolute atomic E-state index is 10.5. The molecular weight excluding hydrogens is 306 g/mol. The van der Waals surface area contributed by atoms with Crippen molar-refractivity contribution in [3.8, 4) is 17.2 Å². The summed E-state index contributed by atoms with van der Waals surface area (Å²) < 4.78 is 10.8. The van der Waals surface area contributed by atoms with Gasteiger partial charge in [0, 0.05) is 12.1 Å². The number of hydrogen-bond donors (Lipinski definition) is 3. The highest BCUT2D eigenvalue weighted by Gasteiger charge is 2.19. The Kier molecular flexibility index (Phi) is 6.46. The molecule has 0 aromatic heterocycles. The second-order valence-electron chi connectivity index (χ2n) is 5.86. The van der Waals surface area contributed by atoms with Crippen molar-refractivity contribution in [1.82, 2.24) is 5.32 Å². The molecule has 0 aliphatic rings. The second kappa shape index (κ2) is 8.57. The number of phenols is 1. The van der Waals surface area contributed by atoms with Crippen molar-refractivity contribution in [2.75, 3.05) is 13.7 Å². The maximum Gasteiger partial charge on any atom is 0.160 e. The zero-order chi connectivity index (χ0) is 17.5. The highest BCUT2D eigenvalue weighted by atomic mass is 16.5.